The molecule has 0 bridgehead atoms. The lowest BCUT2D eigenvalue weighted by Crippen LogP contribution is -2.18. The Bertz CT molecular complexity index is 464. The van der Waals surface area contributed by atoms with Crippen LogP contribution in [0.2, 0.25) is 0 Å². The Morgan fingerprint density at radius 2 is 2.24 bits per heavy atom. The zero-order valence-corrected chi connectivity index (χ0v) is 9.29. The summed E-state index contributed by atoms with van der Waals surface area (Å²) in [5.41, 5.74) is 0. The number of rotatable bonds is 4. The average Bonchev–Trinajstić information content (AvgIpc) is 2.83. The number of nitrogens with one attached hydrogen (secondary N) is 1. The van der Waals surface area contributed by atoms with Gasteiger partial charge in [-0.05, 0) is 0 Å². The van der Waals surface area contributed by atoms with E-state index >= 15 is 0 Å². The van der Waals surface area contributed by atoms with Crippen LogP contribution >= 0.6 is 11.8 Å². The van der Waals surface area contributed by atoms with Crippen molar-refractivity contribution in [2.45, 2.75) is 23.5 Å². The Morgan fingerprint density at radius 3 is 2.88 bits per heavy atom. The predicted molar refractivity (Wildman–Crippen MR) is 54.2 cm³/mol. The van der Waals surface area contributed by atoms with Crippen molar-refractivity contribution in [3.8, 4) is 0 Å². The third kappa shape index (κ3) is 3.48. The summed E-state index contributed by atoms with van der Waals surface area (Å²) in [6.07, 6.45) is -0.0771. The minimum absolute atomic E-state index is 0.315. The number of thioether (sulfide) groups is 1. The average molecular weight is 263 g/mol. The van der Waals surface area contributed by atoms with Crippen LogP contribution in [0.15, 0.2) is 23.6 Å². The van der Waals surface area contributed by atoms with Crippen molar-refractivity contribution >= 4 is 11.8 Å². The molecular formula is C8H8F3N5S. The lowest BCUT2D eigenvalue weighted by molar-refractivity contribution is -0.140. The van der Waals surface area contributed by atoms with E-state index in [4.69, 9.17) is 0 Å². The van der Waals surface area contributed by atoms with E-state index in [-0.39, 0.29) is 0 Å². The van der Waals surface area contributed by atoms with E-state index in [1.54, 1.807) is 0 Å². The molecule has 0 aliphatic heterocycles. The number of aromatic nitrogens is 5. The van der Waals surface area contributed by atoms with Gasteiger partial charge in [-0.2, -0.15) is 23.5 Å². The van der Waals surface area contributed by atoms with Gasteiger partial charge in [0.05, 0.1) is 11.9 Å². The molecule has 0 aliphatic carbocycles. The first-order valence-electron chi connectivity index (χ1n) is 4.60. The molecule has 0 radical (unpaired) electrons. The zero-order chi connectivity index (χ0) is 12.3. The van der Waals surface area contributed by atoms with E-state index < -0.39 is 12.7 Å². The number of hydrogen-bond donors (Lipinski definition) is 1. The summed E-state index contributed by atoms with van der Waals surface area (Å²) in [7, 11) is 0. The van der Waals surface area contributed by atoms with Crippen LogP contribution in [0.3, 0.4) is 0 Å². The van der Waals surface area contributed by atoms with Gasteiger partial charge in [0.15, 0.2) is 0 Å². The van der Waals surface area contributed by atoms with Crippen LogP contribution in [0.4, 0.5) is 13.2 Å². The molecule has 5 nitrogen and oxygen atoms in total. The van der Waals surface area contributed by atoms with Gasteiger partial charge in [-0.3, -0.25) is 0 Å². The minimum atomic E-state index is -4.24. The molecule has 1 N–H and O–H groups in total. The van der Waals surface area contributed by atoms with Gasteiger partial charge in [0.2, 0.25) is 0 Å². The fraction of sp³-hybridized carbons (Fsp3) is 0.375. The van der Waals surface area contributed by atoms with Crippen molar-refractivity contribution in [3.05, 3.63) is 24.4 Å². The second-order valence-electron chi connectivity index (χ2n) is 3.18. The summed E-state index contributed by atoms with van der Waals surface area (Å²) in [5.74, 6) is 0.672. The number of H-pyrrole nitrogens is 1. The van der Waals surface area contributed by atoms with Crippen LogP contribution in [-0.2, 0) is 12.3 Å². The molecule has 0 spiro atoms. The van der Waals surface area contributed by atoms with Gasteiger partial charge in [-0.15, -0.1) is 5.10 Å². The van der Waals surface area contributed by atoms with Crippen LogP contribution in [-0.4, -0.2) is 31.1 Å². The third-order valence-corrected chi connectivity index (χ3v) is 2.79. The Labute approximate surface area is 98.4 Å². The summed E-state index contributed by atoms with van der Waals surface area (Å²) < 4.78 is 37.8. The zero-order valence-electron chi connectivity index (χ0n) is 8.48. The topological polar surface area (TPSA) is 59.4 Å². The van der Waals surface area contributed by atoms with E-state index in [1.807, 2.05) is 0 Å². The molecule has 92 valence electrons. The lowest BCUT2D eigenvalue weighted by atomic mass is 10.5. The van der Waals surface area contributed by atoms with Gasteiger partial charge >= 0.3 is 6.18 Å². The van der Waals surface area contributed by atoms with Gasteiger partial charge in [-0.1, -0.05) is 11.8 Å². The summed E-state index contributed by atoms with van der Waals surface area (Å²) in [6.45, 7) is -1.03. The van der Waals surface area contributed by atoms with Crippen molar-refractivity contribution in [2.24, 2.45) is 0 Å². The number of halogens is 3. The largest absolute Gasteiger partial charge is 0.406 e. The summed E-state index contributed by atoms with van der Waals surface area (Å²) in [6, 6.07) is 0. The van der Waals surface area contributed by atoms with Gasteiger partial charge in [0, 0.05) is 12.4 Å². The van der Waals surface area contributed by atoms with Gasteiger partial charge < -0.3 is 4.57 Å². The molecule has 0 fully saturated rings. The van der Waals surface area contributed by atoms with Crippen molar-refractivity contribution in [1.29, 1.82) is 0 Å². The minimum Gasteiger partial charge on any atom is -0.325 e. The number of nitrogens with zero attached hydrogens (tertiary/aromatic N) is 4. The highest BCUT2D eigenvalue weighted by Crippen LogP contribution is 2.22. The van der Waals surface area contributed by atoms with Crippen LogP contribution in [0.5, 0.6) is 0 Å². The van der Waals surface area contributed by atoms with Crippen LogP contribution in [0, 0.1) is 0 Å². The van der Waals surface area contributed by atoms with Gasteiger partial charge in [0.25, 0.3) is 0 Å². The highest BCUT2D eigenvalue weighted by molar-refractivity contribution is 7.98. The summed E-state index contributed by atoms with van der Waals surface area (Å²) >= 11 is 1.27. The number of imidazole rings is 1. The Hall–Kier alpha value is -1.51. The summed E-state index contributed by atoms with van der Waals surface area (Å²) in [4.78, 5) is 3.88. The van der Waals surface area contributed by atoms with E-state index in [1.165, 1.54) is 30.4 Å². The Morgan fingerprint density at radius 1 is 1.41 bits per heavy atom. The molecule has 2 rings (SSSR count). The molecule has 0 aliphatic rings. The molecular weight excluding hydrogens is 255 g/mol. The van der Waals surface area contributed by atoms with E-state index in [9.17, 15) is 13.2 Å². The highest BCUT2D eigenvalue weighted by Gasteiger charge is 2.28. The van der Waals surface area contributed by atoms with Crippen LogP contribution in [0.1, 0.15) is 5.82 Å². The highest BCUT2D eigenvalue weighted by atomic mass is 32.2. The van der Waals surface area contributed by atoms with Crippen LogP contribution in [0.25, 0.3) is 0 Å². The number of hydrogen-bond acceptors (Lipinski definition) is 4. The smallest absolute Gasteiger partial charge is 0.325 e. The molecule has 17 heavy (non-hydrogen) atoms. The maximum Gasteiger partial charge on any atom is 0.406 e. The van der Waals surface area contributed by atoms with E-state index in [0.717, 1.165) is 4.57 Å². The normalized spacial score (nSPS) is 11.9. The molecule has 2 aromatic heterocycles. The van der Waals surface area contributed by atoms with Crippen molar-refractivity contribution in [2.75, 3.05) is 0 Å². The van der Waals surface area contributed by atoms with Crippen LogP contribution < -0.4 is 0 Å². The molecule has 9 heteroatoms. The third-order valence-electron chi connectivity index (χ3n) is 1.89. The predicted octanol–water partition coefficient (Wildman–Crippen LogP) is 1.86. The molecule has 2 aromatic rings. The fourth-order valence-electron chi connectivity index (χ4n) is 1.22. The molecule has 0 unspecified atom stereocenters. The standard InChI is InChI=1S/C8H8F3N5S/c9-8(10,11)5-16-2-1-12-6(16)4-17-7-3-13-15-14-7/h1-3H,4-5H2,(H,13,14,15). The fourth-order valence-corrected chi connectivity index (χ4v) is 1.97. The SMILES string of the molecule is FC(F)(F)Cn1ccnc1CSc1cn[nH]n1. The maximum absolute atomic E-state index is 12.2. The molecule has 2 heterocycles. The monoisotopic (exact) mass is 263 g/mol. The quantitative estimate of drug-likeness (QED) is 0.855. The van der Waals surface area contributed by atoms with Crippen molar-refractivity contribution in [1.82, 2.24) is 25.0 Å². The number of aromatic amines is 1. The van der Waals surface area contributed by atoms with E-state index in [0.29, 0.717) is 16.6 Å². The maximum atomic E-state index is 12.2. The Kier molecular flexibility index (Phi) is 3.36. The molecule has 0 saturated carbocycles. The second-order valence-corrected chi connectivity index (χ2v) is 4.18. The molecule has 0 aromatic carbocycles. The van der Waals surface area contributed by atoms with Crippen molar-refractivity contribution in [3.63, 3.8) is 0 Å². The molecule has 0 amide bonds. The second kappa shape index (κ2) is 4.78. The van der Waals surface area contributed by atoms with Crippen molar-refractivity contribution < 1.29 is 13.2 Å². The molecule has 0 atom stereocenters. The first-order valence-corrected chi connectivity index (χ1v) is 5.58. The van der Waals surface area contributed by atoms with Gasteiger partial charge in [-0.25, -0.2) is 4.98 Å². The number of alkyl halides is 3. The molecule has 0 saturated heterocycles. The lowest BCUT2D eigenvalue weighted by Gasteiger charge is -2.09. The Balaban J connectivity index is 1.99. The summed E-state index contributed by atoms with van der Waals surface area (Å²) in [5, 5.41) is 10.4. The first-order chi connectivity index (χ1) is 8.04. The first kappa shape index (κ1) is 12.0. The van der Waals surface area contributed by atoms with E-state index in [2.05, 4.69) is 20.4 Å². The van der Waals surface area contributed by atoms with Gasteiger partial charge in [0.1, 0.15) is 17.4 Å².